The van der Waals surface area contributed by atoms with Crippen LogP contribution in [-0.4, -0.2) is 29.7 Å². The van der Waals surface area contributed by atoms with Gasteiger partial charge in [-0.3, -0.25) is 0 Å². The highest BCUT2D eigenvalue weighted by atomic mass is 32.2. The summed E-state index contributed by atoms with van der Waals surface area (Å²) in [6.45, 7) is 0.321. The zero-order valence-electron chi connectivity index (χ0n) is 11.2. The van der Waals surface area contributed by atoms with Crippen molar-refractivity contribution in [3.63, 3.8) is 0 Å². The molecule has 0 bridgehead atoms. The van der Waals surface area contributed by atoms with E-state index in [1.165, 1.54) is 27.8 Å². The van der Waals surface area contributed by atoms with Crippen LogP contribution in [0.5, 0.6) is 0 Å². The fourth-order valence-electron chi connectivity index (χ4n) is 2.06. The van der Waals surface area contributed by atoms with E-state index < -0.39 is 10.0 Å². The highest BCUT2D eigenvalue weighted by molar-refractivity contribution is 7.89. The lowest BCUT2D eigenvalue weighted by Gasteiger charge is -2.16. The van der Waals surface area contributed by atoms with Gasteiger partial charge in [-0.25, -0.2) is 13.2 Å². The number of rotatable bonds is 4. The van der Waals surface area contributed by atoms with Crippen LogP contribution >= 0.6 is 11.3 Å². The van der Waals surface area contributed by atoms with E-state index in [4.69, 9.17) is 0 Å². The first-order chi connectivity index (χ1) is 9.96. The summed E-state index contributed by atoms with van der Waals surface area (Å²) in [7, 11) is -2.05. The lowest BCUT2D eigenvalue weighted by atomic mass is 10.3. The molecule has 110 valence electrons. The van der Waals surface area contributed by atoms with Crippen LogP contribution in [0.25, 0.3) is 11.0 Å². The number of imidazole rings is 1. The van der Waals surface area contributed by atoms with Gasteiger partial charge in [0.1, 0.15) is 0 Å². The van der Waals surface area contributed by atoms with Gasteiger partial charge in [0, 0.05) is 18.5 Å². The maximum atomic E-state index is 12.5. The second-order valence-electron chi connectivity index (χ2n) is 4.63. The number of thiophene rings is 1. The van der Waals surface area contributed by atoms with Crippen molar-refractivity contribution in [1.82, 2.24) is 14.3 Å². The second kappa shape index (κ2) is 5.14. The number of aromatic amines is 2. The number of H-pyrrole nitrogens is 2. The number of hydrogen-bond acceptors (Lipinski definition) is 4. The van der Waals surface area contributed by atoms with Crippen LogP contribution in [-0.2, 0) is 16.6 Å². The van der Waals surface area contributed by atoms with Crippen molar-refractivity contribution < 1.29 is 8.42 Å². The predicted molar refractivity (Wildman–Crippen MR) is 81.9 cm³/mol. The zero-order valence-corrected chi connectivity index (χ0v) is 12.8. The molecule has 1 aromatic carbocycles. The molecule has 2 aromatic heterocycles. The van der Waals surface area contributed by atoms with Crippen molar-refractivity contribution in [2.45, 2.75) is 11.4 Å². The van der Waals surface area contributed by atoms with Gasteiger partial charge < -0.3 is 9.97 Å². The van der Waals surface area contributed by atoms with Gasteiger partial charge >= 0.3 is 5.69 Å². The van der Waals surface area contributed by atoms with Crippen LogP contribution in [0, 0.1) is 0 Å². The summed E-state index contributed by atoms with van der Waals surface area (Å²) in [4.78, 5) is 17.5. The highest BCUT2D eigenvalue weighted by Gasteiger charge is 2.21. The number of nitrogens with one attached hydrogen (secondary N) is 2. The summed E-state index contributed by atoms with van der Waals surface area (Å²) < 4.78 is 26.4. The molecule has 0 aliphatic heterocycles. The molecule has 0 fully saturated rings. The maximum Gasteiger partial charge on any atom is 0.323 e. The number of hydrogen-bond donors (Lipinski definition) is 2. The summed E-state index contributed by atoms with van der Waals surface area (Å²) in [5, 5.41) is 1.91. The molecule has 2 heterocycles. The Morgan fingerprint density at radius 2 is 1.95 bits per heavy atom. The van der Waals surface area contributed by atoms with E-state index in [0.717, 1.165) is 4.88 Å². The molecule has 0 amide bonds. The Hall–Kier alpha value is -1.90. The summed E-state index contributed by atoms with van der Waals surface area (Å²) in [6, 6.07) is 8.32. The Kier molecular flexibility index (Phi) is 3.44. The van der Waals surface area contributed by atoms with Gasteiger partial charge in [0.2, 0.25) is 10.0 Å². The number of fused-ring (bicyclic) bond motifs is 1. The van der Waals surface area contributed by atoms with Crippen LogP contribution in [0.15, 0.2) is 45.4 Å². The molecule has 0 spiro atoms. The molecule has 0 aliphatic carbocycles. The van der Waals surface area contributed by atoms with E-state index in [9.17, 15) is 13.2 Å². The molecule has 2 N–H and O–H groups in total. The Morgan fingerprint density at radius 1 is 1.19 bits per heavy atom. The third-order valence-corrected chi connectivity index (χ3v) is 5.81. The van der Waals surface area contributed by atoms with Gasteiger partial charge in [-0.05, 0) is 29.6 Å². The molecule has 0 radical (unpaired) electrons. The van der Waals surface area contributed by atoms with Gasteiger partial charge in [-0.1, -0.05) is 6.07 Å². The average Bonchev–Trinajstić information content (AvgIpc) is 3.05. The fraction of sp³-hybridized carbons (Fsp3) is 0.154. The minimum Gasteiger partial charge on any atom is -0.306 e. The summed E-state index contributed by atoms with van der Waals surface area (Å²) >= 11 is 1.51. The van der Waals surface area contributed by atoms with Gasteiger partial charge in [0.25, 0.3) is 0 Å². The number of sulfonamides is 1. The van der Waals surface area contributed by atoms with Crippen molar-refractivity contribution in [2.24, 2.45) is 0 Å². The van der Waals surface area contributed by atoms with E-state index >= 15 is 0 Å². The maximum absolute atomic E-state index is 12.5. The van der Waals surface area contributed by atoms with Crippen LogP contribution in [0.2, 0.25) is 0 Å². The molecule has 6 nitrogen and oxygen atoms in total. The lowest BCUT2D eigenvalue weighted by Crippen LogP contribution is -2.26. The smallest absolute Gasteiger partial charge is 0.306 e. The minimum atomic E-state index is -3.59. The largest absolute Gasteiger partial charge is 0.323 e. The molecule has 21 heavy (non-hydrogen) atoms. The third kappa shape index (κ3) is 2.65. The van der Waals surface area contributed by atoms with E-state index in [0.29, 0.717) is 17.6 Å². The van der Waals surface area contributed by atoms with Crippen molar-refractivity contribution in [3.05, 3.63) is 51.1 Å². The lowest BCUT2D eigenvalue weighted by molar-refractivity contribution is 0.470. The number of aromatic nitrogens is 2. The topological polar surface area (TPSA) is 86.0 Å². The van der Waals surface area contributed by atoms with Crippen molar-refractivity contribution in [1.29, 1.82) is 0 Å². The monoisotopic (exact) mass is 323 g/mol. The number of benzene rings is 1. The van der Waals surface area contributed by atoms with Crippen molar-refractivity contribution >= 4 is 32.4 Å². The quantitative estimate of drug-likeness (QED) is 0.767. The third-order valence-electron chi connectivity index (χ3n) is 3.15. The molecular formula is C13H13N3O3S2. The Labute approximate surface area is 125 Å². The fourth-order valence-corrected chi connectivity index (χ4v) is 4.07. The summed E-state index contributed by atoms with van der Waals surface area (Å²) in [5.74, 6) is 0. The molecule has 0 saturated heterocycles. The van der Waals surface area contributed by atoms with Crippen LogP contribution < -0.4 is 5.69 Å². The van der Waals surface area contributed by atoms with Gasteiger partial charge in [-0.2, -0.15) is 4.31 Å². The van der Waals surface area contributed by atoms with Crippen LogP contribution in [0.1, 0.15) is 4.88 Å². The standard InChI is InChI=1S/C13H13N3O3S2/c1-16(8-9-3-2-6-20-9)21(18,19)10-4-5-11-12(7-10)15-13(17)14-11/h2-7H,8H2,1H3,(H2,14,15,17). The van der Waals surface area contributed by atoms with Gasteiger partial charge in [0.05, 0.1) is 15.9 Å². The SMILES string of the molecule is CN(Cc1cccs1)S(=O)(=O)c1ccc2[nH]c(=O)[nH]c2c1. The predicted octanol–water partition coefficient (Wildman–Crippen LogP) is 1.74. The van der Waals surface area contributed by atoms with E-state index in [1.807, 2.05) is 17.5 Å². The molecule has 0 aliphatic rings. The zero-order chi connectivity index (χ0) is 15.0. The highest BCUT2D eigenvalue weighted by Crippen LogP contribution is 2.21. The first-order valence-corrected chi connectivity index (χ1v) is 8.49. The molecule has 3 aromatic rings. The van der Waals surface area contributed by atoms with E-state index in [1.54, 1.807) is 13.1 Å². The Morgan fingerprint density at radius 3 is 2.67 bits per heavy atom. The van der Waals surface area contributed by atoms with Gasteiger partial charge in [-0.15, -0.1) is 11.3 Å². The first-order valence-electron chi connectivity index (χ1n) is 6.17. The Balaban J connectivity index is 1.96. The van der Waals surface area contributed by atoms with Crippen LogP contribution in [0.3, 0.4) is 0 Å². The average molecular weight is 323 g/mol. The normalized spacial score (nSPS) is 12.3. The minimum absolute atomic E-state index is 0.157. The molecular weight excluding hydrogens is 310 g/mol. The Bertz CT molecular complexity index is 923. The van der Waals surface area contributed by atoms with Crippen molar-refractivity contribution in [2.75, 3.05) is 7.05 Å². The first kappa shape index (κ1) is 14.1. The van der Waals surface area contributed by atoms with E-state index in [2.05, 4.69) is 9.97 Å². The molecule has 0 unspecified atom stereocenters. The van der Waals surface area contributed by atoms with Crippen molar-refractivity contribution in [3.8, 4) is 0 Å². The van der Waals surface area contributed by atoms with Crippen LogP contribution in [0.4, 0.5) is 0 Å². The van der Waals surface area contributed by atoms with Gasteiger partial charge in [0.15, 0.2) is 0 Å². The molecule has 8 heteroatoms. The summed E-state index contributed by atoms with van der Waals surface area (Å²) in [5.41, 5.74) is 0.706. The summed E-state index contributed by atoms with van der Waals surface area (Å²) in [6.07, 6.45) is 0. The number of nitrogens with zero attached hydrogens (tertiary/aromatic N) is 1. The second-order valence-corrected chi connectivity index (χ2v) is 7.70. The molecule has 0 atom stereocenters. The molecule has 0 saturated carbocycles. The van der Waals surface area contributed by atoms with E-state index in [-0.39, 0.29) is 10.6 Å². The molecule has 3 rings (SSSR count).